The molecule has 2 aromatic carbocycles. The Morgan fingerprint density at radius 3 is 2.54 bits per heavy atom. The summed E-state index contributed by atoms with van der Waals surface area (Å²) < 4.78 is 14.3. The Balaban J connectivity index is 2.00. The van der Waals surface area contributed by atoms with E-state index in [0.29, 0.717) is 11.4 Å². The Labute approximate surface area is 151 Å². The van der Waals surface area contributed by atoms with E-state index < -0.39 is 23.8 Å². The van der Waals surface area contributed by atoms with Crippen molar-refractivity contribution in [3.05, 3.63) is 76.2 Å². The van der Waals surface area contributed by atoms with Crippen LogP contribution in [0.1, 0.15) is 29.7 Å². The van der Waals surface area contributed by atoms with Crippen LogP contribution in [0.25, 0.3) is 0 Å². The van der Waals surface area contributed by atoms with Crippen molar-refractivity contribution in [3.63, 3.8) is 0 Å². The number of urea groups is 1. The third-order valence-corrected chi connectivity index (χ3v) is 4.58. The number of benzene rings is 2. The molecule has 26 heavy (non-hydrogen) atoms. The molecule has 3 N–H and O–H groups in total. The molecular weight excluding hydrogens is 333 g/mol. The third-order valence-electron chi connectivity index (χ3n) is 4.58. The standard InChI is InChI=1S/C20H20FN3O2/c1-11-7-6-10-16(12(11)2)23-19(25)17-13(3)22-20(26)24-18(17)14-8-4-5-9-15(14)21/h4-10,18H,1-3H3,(H,23,25)(H2,22,24,26)/t18-/m0/s1. The Hall–Kier alpha value is -3.15. The molecule has 3 rings (SSSR count). The Morgan fingerprint density at radius 2 is 1.81 bits per heavy atom. The van der Waals surface area contributed by atoms with E-state index >= 15 is 0 Å². The van der Waals surface area contributed by atoms with Gasteiger partial charge in [0.2, 0.25) is 0 Å². The Morgan fingerprint density at radius 1 is 1.08 bits per heavy atom. The first-order valence-electron chi connectivity index (χ1n) is 8.28. The van der Waals surface area contributed by atoms with Crippen LogP contribution >= 0.6 is 0 Å². The van der Waals surface area contributed by atoms with Gasteiger partial charge in [0.05, 0.1) is 11.6 Å². The molecule has 0 aromatic heterocycles. The average molecular weight is 353 g/mol. The molecule has 0 radical (unpaired) electrons. The number of carbonyl (C=O) groups is 2. The van der Waals surface area contributed by atoms with Gasteiger partial charge in [-0.05, 0) is 44.0 Å². The van der Waals surface area contributed by atoms with Crippen LogP contribution in [-0.2, 0) is 4.79 Å². The lowest BCUT2D eigenvalue weighted by Gasteiger charge is -2.29. The molecule has 134 valence electrons. The van der Waals surface area contributed by atoms with Gasteiger partial charge in [-0.3, -0.25) is 4.79 Å². The van der Waals surface area contributed by atoms with Crippen molar-refractivity contribution < 1.29 is 14.0 Å². The number of carbonyl (C=O) groups excluding carboxylic acids is 2. The van der Waals surface area contributed by atoms with Gasteiger partial charge in [0, 0.05) is 16.9 Å². The highest BCUT2D eigenvalue weighted by molar-refractivity contribution is 6.07. The topological polar surface area (TPSA) is 70.2 Å². The van der Waals surface area contributed by atoms with Gasteiger partial charge in [-0.1, -0.05) is 30.3 Å². The van der Waals surface area contributed by atoms with Crippen molar-refractivity contribution in [3.8, 4) is 0 Å². The Kier molecular flexibility index (Phi) is 4.75. The minimum absolute atomic E-state index is 0.243. The van der Waals surface area contributed by atoms with Crippen molar-refractivity contribution in [2.24, 2.45) is 0 Å². The predicted molar refractivity (Wildman–Crippen MR) is 98.1 cm³/mol. The van der Waals surface area contributed by atoms with E-state index in [4.69, 9.17) is 0 Å². The fourth-order valence-corrected chi connectivity index (χ4v) is 3.01. The average Bonchev–Trinajstić information content (AvgIpc) is 2.58. The second-order valence-electron chi connectivity index (χ2n) is 6.29. The first-order valence-corrected chi connectivity index (χ1v) is 8.28. The zero-order valence-electron chi connectivity index (χ0n) is 14.8. The second-order valence-corrected chi connectivity index (χ2v) is 6.29. The maximum atomic E-state index is 14.3. The van der Waals surface area contributed by atoms with Crippen LogP contribution in [0.5, 0.6) is 0 Å². The largest absolute Gasteiger partial charge is 0.327 e. The van der Waals surface area contributed by atoms with E-state index in [9.17, 15) is 14.0 Å². The number of rotatable bonds is 3. The molecule has 1 atom stereocenters. The summed E-state index contributed by atoms with van der Waals surface area (Å²) in [4.78, 5) is 24.8. The fraction of sp³-hybridized carbons (Fsp3) is 0.200. The SMILES string of the molecule is CC1=C(C(=O)Nc2cccc(C)c2C)[C@H](c2ccccc2F)NC(=O)N1. The highest BCUT2D eigenvalue weighted by atomic mass is 19.1. The van der Waals surface area contributed by atoms with E-state index in [0.717, 1.165) is 11.1 Å². The smallest absolute Gasteiger partial charge is 0.319 e. The number of anilines is 1. The van der Waals surface area contributed by atoms with Gasteiger partial charge < -0.3 is 16.0 Å². The van der Waals surface area contributed by atoms with Crippen LogP contribution in [0.4, 0.5) is 14.9 Å². The minimum atomic E-state index is -0.866. The molecule has 6 heteroatoms. The number of amides is 3. The van der Waals surface area contributed by atoms with Crippen molar-refractivity contribution in [2.75, 3.05) is 5.32 Å². The Bertz CT molecular complexity index is 921. The molecule has 0 saturated carbocycles. The maximum absolute atomic E-state index is 14.3. The van der Waals surface area contributed by atoms with Gasteiger partial charge in [0.1, 0.15) is 5.82 Å². The highest BCUT2D eigenvalue weighted by Gasteiger charge is 2.32. The first kappa shape index (κ1) is 17.7. The summed E-state index contributed by atoms with van der Waals surface area (Å²) in [6.45, 7) is 5.51. The van der Waals surface area contributed by atoms with Gasteiger partial charge in [0.15, 0.2) is 0 Å². The van der Waals surface area contributed by atoms with Crippen molar-refractivity contribution in [1.82, 2.24) is 10.6 Å². The molecule has 5 nitrogen and oxygen atoms in total. The summed E-state index contributed by atoms with van der Waals surface area (Å²) in [6, 6.07) is 10.4. The number of halogens is 1. The zero-order chi connectivity index (χ0) is 18.8. The first-order chi connectivity index (χ1) is 12.4. The van der Waals surface area contributed by atoms with Crippen LogP contribution in [0.2, 0.25) is 0 Å². The van der Waals surface area contributed by atoms with Gasteiger partial charge >= 0.3 is 6.03 Å². The van der Waals surface area contributed by atoms with E-state index in [-0.39, 0.29) is 11.1 Å². The molecule has 0 spiro atoms. The quantitative estimate of drug-likeness (QED) is 0.787. The van der Waals surface area contributed by atoms with Crippen LogP contribution in [0, 0.1) is 19.7 Å². The predicted octanol–water partition coefficient (Wildman–Crippen LogP) is 3.71. The van der Waals surface area contributed by atoms with Crippen LogP contribution in [0.15, 0.2) is 53.7 Å². The normalized spacial score (nSPS) is 16.8. The van der Waals surface area contributed by atoms with E-state index in [1.165, 1.54) is 6.07 Å². The van der Waals surface area contributed by atoms with Gasteiger partial charge in [0.25, 0.3) is 5.91 Å². The maximum Gasteiger partial charge on any atom is 0.319 e. The molecule has 0 bridgehead atoms. The number of nitrogens with one attached hydrogen (secondary N) is 3. The summed E-state index contributed by atoms with van der Waals surface area (Å²) in [6.07, 6.45) is 0. The molecule has 2 aromatic rings. The molecule has 3 amide bonds. The lowest BCUT2D eigenvalue weighted by Crippen LogP contribution is -2.46. The van der Waals surface area contributed by atoms with Crippen molar-refractivity contribution in [2.45, 2.75) is 26.8 Å². The zero-order valence-corrected chi connectivity index (χ0v) is 14.8. The summed E-state index contributed by atoms with van der Waals surface area (Å²) >= 11 is 0. The number of hydrogen-bond donors (Lipinski definition) is 3. The third kappa shape index (κ3) is 3.31. The number of hydrogen-bond acceptors (Lipinski definition) is 2. The van der Waals surface area contributed by atoms with Crippen molar-refractivity contribution in [1.29, 1.82) is 0 Å². The van der Waals surface area contributed by atoms with Crippen molar-refractivity contribution >= 4 is 17.6 Å². The summed E-state index contributed by atoms with van der Waals surface area (Å²) in [7, 11) is 0. The molecule has 1 aliphatic rings. The summed E-state index contributed by atoms with van der Waals surface area (Å²) in [5.74, 6) is -0.874. The molecule has 0 aliphatic carbocycles. The summed E-state index contributed by atoms with van der Waals surface area (Å²) in [5.41, 5.74) is 3.59. The fourth-order valence-electron chi connectivity index (χ4n) is 3.01. The number of allylic oxidation sites excluding steroid dienone is 1. The minimum Gasteiger partial charge on any atom is -0.327 e. The molecule has 0 unspecified atom stereocenters. The monoisotopic (exact) mass is 353 g/mol. The van der Waals surface area contributed by atoms with Gasteiger partial charge in [-0.2, -0.15) is 0 Å². The van der Waals surface area contributed by atoms with E-state index in [1.807, 2.05) is 32.0 Å². The molecule has 0 fully saturated rings. The highest BCUT2D eigenvalue weighted by Crippen LogP contribution is 2.30. The molecule has 0 saturated heterocycles. The van der Waals surface area contributed by atoms with E-state index in [2.05, 4.69) is 16.0 Å². The van der Waals surface area contributed by atoms with Crippen LogP contribution < -0.4 is 16.0 Å². The van der Waals surface area contributed by atoms with Gasteiger partial charge in [-0.15, -0.1) is 0 Å². The van der Waals surface area contributed by atoms with Gasteiger partial charge in [-0.25, -0.2) is 9.18 Å². The molecule has 1 aliphatic heterocycles. The molecule has 1 heterocycles. The lowest BCUT2D eigenvalue weighted by atomic mass is 9.94. The second kappa shape index (κ2) is 7.00. The van der Waals surface area contributed by atoms with E-state index in [1.54, 1.807) is 25.1 Å². The summed E-state index contributed by atoms with van der Waals surface area (Å²) in [5, 5.41) is 8.10. The molecular formula is C20H20FN3O2. The van der Waals surface area contributed by atoms with Crippen LogP contribution in [-0.4, -0.2) is 11.9 Å². The lowest BCUT2D eigenvalue weighted by molar-refractivity contribution is -0.113. The van der Waals surface area contributed by atoms with Crippen LogP contribution in [0.3, 0.4) is 0 Å². The number of aryl methyl sites for hydroxylation is 1.